The van der Waals surface area contributed by atoms with Crippen LogP contribution in [0.4, 0.5) is 5.82 Å². The molecule has 1 N–H and O–H groups in total. The van der Waals surface area contributed by atoms with Crippen molar-refractivity contribution in [1.29, 1.82) is 0 Å². The summed E-state index contributed by atoms with van der Waals surface area (Å²) in [6.45, 7) is 7.85. The van der Waals surface area contributed by atoms with Crippen molar-refractivity contribution in [2.24, 2.45) is 5.92 Å². The highest BCUT2D eigenvalue weighted by molar-refractivity contribution is 5.44. The minimum atomic E-state index is 0.0975. The number of piperidine rings is 1. The third-order valence-corrected chi connectivity index (χ3v) is 3.88. The van der Waals surface area contributed by atoms with Crippen LogP contribution in [0, 0.1) is 5.92 Å². The third-order valence-electron chi connectivity index (χ3n) is 3.88. The molecule has 3 heteroatoms. The normalized spacial score (nSPS) is 24.3. The highest BCUT2D eigenvalue weighted by Crippen LogP contribution is 2.27. The average Bonchev–Trinajstić information content (AvgIpc) is 2.40. The van der Waals surface area contributed by atoms with Crippen LogP contribution in [0.1, 0.15) is 44.9 Å². The van der Waals surface area contributed by atoms with Crippen LogP contribution in [0.15, 0.2) is 12.1 Å². The minimum absolute atomic E-state index is 0.0975. The van der Waals surface area contributed by atoms with Crippen LogP contribution in [0.25, 0.3) is 0 Å². The summed E-state index contributed by atoms with van der Waals surface area (Å²) in [7, 11) is 0. The van der Waals surface area contributed by atoms with Gasteiger partial charge in [-0.3, -0.25) is 0 Å². The number of aryl methyl sites for hydroxylation is 1. The van der Waals surface area contributed by atoms with E-state index in [0.29, 0.717) is 6.04 Å². The highest BCUT2D eigenvalue weighted by Gasteiger charge is 2.24. The fraction of sp³-hybridized carbons (Fsp3) is 0.667. The van der Waals surface area contributed by atoms with Gasteiger partial charge < -0.3 is 10.0 Å². The van der Waals surface area contributed by atoms with Crippen LogP contribution in [-0.2, 0) is 13.0 Å². The first kappa shape index (κ1) is 13.3. The standard InChI is InChI=1S/C15H24N2O/c1-4-14-7-13(10-18)8-15(16-14)17-9-11(2)5-6-12(17)3/h7-8,11-12,18H,4-6,9-10H2,1-3H3. The average molecular weight is 248 g/mol. The zero-order valence-corrected chi connectivity index (χ0v) is 11.7. The van der Waals surface area contributed by atoms with Gasteiger partial charge in [-0.1, -0.05) is 13.8 Å². The molecule has 0 radical (unpaired) electrons. The van der Waals surface area contributed by atoms with Gasteiger partial charge in [0.2, 0.25) is 0 Å². The molecule has 1 saturated heterocycles. The summed E-state index contributed by atoms with van der Waals surface area (Å²) in [5, 5.41) is 9.35. The smallest absolute Gasteiger partial charge is 0.129 e. The lowest BCUT2D eigenvalue weighted by atomic mass is 9.95. The summed E-state index contributed by atoms with van der Waals surface area (Å²) in [4.78, 5) is 7.12. The summed E-state index contributed by atoms with van der Waals surface area (Å²) in [5.74, 6) is 1.77. The summed E-state index contributed by atoms with van der Waals surface area (Å²) in [5.41, 5.74) is 2.05. The van der Waals surface area contributed by atoms with Crippen molar-refractivity contribution in [3.05, 3.63) is 23.4 Å². The fourth-order valence-corrected chi connectivity index (χ4v) is 2.66. The molecule has 1 aliphatic heterocycles. The summed E-state index contributed by atoms with van der Waals surface area (Å²) < 4.78 is 0. The first-order chi connectivity index (χ1) is 8.63. The molecular formula is C15H24N2O. The Morgan fingerprint density at radius 2 is 2.11 bits per heavy atom. The number of hydrogen-bond acceptors (Lipinski definition) is 3. The molecule has 0 amide bonds. The van der Waals surface area contributed by atoms with Crippen LogP contribution in [0.5, 0.6) is 0 Å². The van der Waals surface area contributed by atoms with Crippen molar-refractivity contribution in [3.8, 4) is 0 Å². The molecule has 2 rings (SSSR count). The lowest BCUT2D eigenvalue weighted by molar-refractivity contribution is 0.281. The van der Waals surface area contributed by atoms with Gasteiger partial charge in [0.05, 0.1) is 6.61 Å². The first-order valence-corrected chi connectivity index (χ1v) is 7.01. The third kappa shape index (κ3) is 2.83. The van der Waals surface area contributed by atoms with Crippen molar-refractivity contribution in [3.63, 3.8) is 0 Å². The number of anilines is 1. The van der Waals surface area contributed by atoms with Crippen LogP contribution >= 0.6 is 0 Å². The number of aromatic nitrogens is 1. The summed E-state index contributed by atoms with van der Waals surface area (Å²) >= 11 is 0. The van der Waals surface area contributed by atoms with Crippen molar-refractivity contribution in [2.45, 2.75) is 52.7 Å². The largest absolute Gasteiger partial charge is 0.392 e. The summed E-state index contributed by atoms with van der Waals surface area (Å²) in [6, 6.07) is 4.59. The van der Waals surface area contributed by atoms with Gasteiger partial charge in [-0.05, 0) is 49.8 Å². The van der Waals surface area contributed by atoms with E-state index in [9.17, 15) is 5.11 Å². The molecule has 2 heterocycles. The Balaban J connectivity index is 2.30. The Hall–Kier alpha value is -1.09. The molecule has 2 atom stereocenters. The summed E-state index contributed by atoms with van der Waals surface area (Å²) in [6.07, 6.45) is 3.45. The fourth-order valence-electron chi connectivity index (χ4n) is 2.66. The van der Waals surface area contributed by atoms with E-state index in [2.05, 4.69) is 25.7 Å². The van der Waals surface area contributed by atoms with Gasteiger partial charge in [-0.25, -0.2) is 4.98 Å². The van der Waals surface area contributed by atoms with Crippen molar-refractivity contribution < 1.29 is 5.11 Å². The van der Waals surface area contributed by atoms with Gasteiger partial charge in [0.1, 0.15) is 5.82 Å². The zero-order valence-electron chi connectivity index (χ0n) is 11.7. The number of aliphatic hydroxyl groups is 1. The molecule has 1 fully saturated rings. The number of hydrogen-bond donors (Lipinski definition) is 1. The molecule has 3 nitrogen and oxygen atoms in total. The molecule has 1 aromatic heterocycles. The molecular weight excluding hydrogens is 224 g/mol. The van der Waals surface area contributed by atoms with Gasteiger partial charge >= 0.3 is 0 Å². The first-order valence-electron chi connectivity index (χ1n) is 7.01. The predicted octanol–water partition coefficient (Wildman–Crippen LogP) is 2.76. The van der Waals surface area contributed by atoms with Crippen molar-refractivity contribution in [2.75, 3.05) is 11.4 Å². The highest BCUT2D eigenvalue weighted by atomic mass is 16.3. The second-order valence-electron chi connectivity index (χ2n) is 5.52. The molecule has 2 unspecified atom stereocenters. The number of nitrogens with zero attached hydrogens (tertiary/aromatic N) is 2. The van der Waals surface area contributed by atoms with Crippen LogP contribution in [-0.4, -0.2) is 22.7 Å². The number of pyridine rings is 1. The molecule has 0 aromatic carbocycles. The molecule has 0 spiro atoms. The van der Waals surface area contributed by atoms with E-state index in [0.717, 1.165) is 36.0 Å². The molecule has 1 aromatic rings. The number of rotatable bonds is 3. The maximum atomic E-state index is 9.35. The van der Waals surface area contributed by atoms with Gasteiger partial charge in [0.25, 0.3) is 0 Å². The lowest BCUT2D eigenvalue weighted by Crippen LogP contribution is -2.41. The molecule has 1 aliphatic rings. The Morgan fingerprint density at radius 3 is 2.78 bits per heavy atom. The van der Waals surface area contributed by atoms with Gasteiger partial charge in [-0.15, -0.1) is 0 Å². The lowest BCUT2D eigenvalue weighted by Gasteiger charge is -2.38. The maximum Gasteiger partial charge on any atom is 0.129 e. The second kappa shape index (κ2) is 5.70. The monoisotopic (exact) mass is 248 g/mol. The van der Waals surface area contributed by atoms with Crippen LogP contribution < -0.4 is 4.90 Å². The van der Waals surface area contributed by atoms with Gasteiger partial charge in [-0.2, -0.15) is 0 Å². The van der Waals surface area contributed by atoms with Crippen molar-refractivity contribution in [1.82, 2.24) is 4.98 Å². The minimum Gasteiger partial charge on any atom is -0.392 e. The Kier molecular flexibility index (Phi) is 4.23. The van der Waals surface area contributed by atoms with Crippen LogP contribution in [0.3, 0.4) is 0 Å². The molecule has 0 aliphatic carbocycles. The predicted molar refractivity (Wildman–Crippen MR) is 74.7 cm³/mol. The SMILES string of the molecule is CCc1cc(CO)cc(N2CC(C)CCC2C)n1. The van der Waals surface area contributed by atoms with E-state index in [4.69, 9.17) is 4.98 Å². The second-order valence-corrected chi connectivity index (χ2v) is 5.52. The maximum absolute atomic E-state index is 9.35. The van der Waals surface area contributed by atoms with Gasteiger partial charge in [0.15, 0.2) is 0 Å². The topological polar surface area (TPSA) is 36.4 Å². The van der Waals surface area contributed by atoms with Gasteiger partial charge in [0, 0.05) is 18.3 Å². The van der Waals surface area contributed by atoms with E-state index in [1.807, 2.05) is 12.1 Å². The van der Waals surface area contributed by atoms with E-state index in [-0.39, 0.29) is 6.61 Å². The van der Waals surface area contributed by atoms with Crippen LogP contribution in [0.2, 0.25) is 0 Å². The molecule has 0 bridgehead atoms. The zero-order chi connectivity index (χ0) is 13.1. The quantitative estimate of drug-likeness (QED) is 0.893. The Bertz CT molecular complexity index is 383. The Labute approximate surface area is 110 Å². The van der Waals surface area contributed by atoms with E-state index >= 15 is 0 Å². The van der Waals surface area contributed by atoms with E-state index in [1.54, 1.807) is 0 Å². The van der Waals surface area contributed by atoms with E-state index < -0.39 is 0 Å². The van der Waals surface area contributed by atoms with E-state index in [1.165, 1.54) is 12.8 Å². The molecule has 100 valence electrons. The molecule has 0 saturated carbocycles. The van der Waals surface area contributed by atoms with Crippen molar-refractivity contribution >= 4 is 5.82 Å². The Morgan fingerprint density at radius 1 is 1.33 bits per heavy atom. The number of aliphatic hydroxyl groups excluding tert-OH is 1. The molecule has 18 heavy (non-hydrogen) atoms.